The Morgan fingerprint density at radius 2 is 1.96 bits per heavy atom. The molecule has 7 heteroatoms. The molecule has 1 heterocycles. The first-order valence-electron chi connectivity index (χ1n) is 10.3. The van der Waals surface area contributed by atoms with Gasteiger partial charge in [-0.25, -0.2) is 0 Å². The average Bonchev–Trinajstić information content (AvgIpc) is 3.39. The minimum atomic E-state index is 0.365. The SMILES string of the molecule is CN=C(NCCCCn1cnnc1)NCc1ccc(C)cc1OC1CCCC1. The fourth-order valence-electron chi connectivity index (χ4n) is 3.47. The smallest absolute Gasteiger partial charge is 0.191 e. The first-order chi connectivity index (χ1) is 13.7. The van der Waals surface area contributed by atoms with Crippen molar-refractivity contribution in [1.29, 1.82) is 0 Å². The van der Waals surface area contributed by atoms with Crippen LogP contribution in [0.1, 0.15) is 49.7 Å². The molecule has 1 saturated carbocycles. The number of nitrogens with one attached hydrogen (secondary N) is 2. The zero-order chi connectivity index (χ0) is 19.6. The lowest BCUT2D eigenvalue weighted by atomic mass is 10.1. The number of unbranched alkanes of at least 4 members (excludes halogenated alkanes) is 1. The average molecular weight is 385 g/mol. The molecule has 0 radical (unpaired) electrons. The second-order valence-corrected chi connectivity index (χ2v) is 7.39. The van der Waals surface area contributed by atoms with Gasteiger partial charge in [-0.05, 0) is 57.1 Å². The Balaban J connectivity index is 1.43. The zero-order valence-electron chi connectivity index (χ0n) is 17.0. The maximum atomic E-state index is 6.29. The van der Waals surface area contributed by atoms with E-state index in [-0.39, 0.29) is 0 Å². The van der Waals surface area contributed by atoms with Crippen molar-refractivity contribution < 1.29 is 4.74 Å². The van der Waals surface area contributed by atoms with E-state index in [0.29, 0.717) is 12.6 Å². The van der Waals surface area contributed by atoms with Crippen LogP contribution in [0, 0.1) is 6.92 Å². The van der Waals surface area contributed by atoms with Gasteiger partial charge in [-0.2, -0.15) is 0 Å². The molecule has 1 aromatic carbocycles. The van der Waals surface area contributed by atoms with Crippen molar-refractivity contribution in [2.24, 2.45) is 4.99 Å². The number of ether oxygens (including phenoxy) is 1. The molecule has 0 spiro atoms. The van der Waals surface area contributed by atoms with Gasteiger partial charge in [-0.1, -0.05) is 12.1 Å². The Morgan fingerprint density at radius 1 is 1.18 bits per heavy atom. The third kappa shape index (κ3) is 6.25. The second-order valence-electron chi connectivity index (χ2n) is 7.39. The predicted octanol–water partition coefficient (Wildman–Crippen LogP) is 3.05. The highest BCUT2D eigenvalue weighted by molar-refractivity contribution is 5.79. The topological polar surface area (TPSA) is 76.4 Å². The molecule has 0 atom stereocenters. The van der Waals surface area contributed by atoms with Gasteiger partial charge >= 0.3 is 0 Å². The van der Waals surface area contributed by atoms with Crippen molar-refractivity contribution in [2.45, 2.75) is 64.6 Å². The zero-order valence-corrected chi connectivity index (χ0v) is 17.0. The van der Waals surface area contributed by atoms with Gasteiger partial charge < -0.3 is 19.9 Å². The highest BCUT2D eigenvalue weighted by Crippen LogP contribution is 2.27. The van der Waals surface area contributed by atoms with E-state index >= 15 is 0 Å². The number of nitrogens with zero attached hydrogens (tertiary/aromatic N) is 4. The number of hydrogen-bond donors (Lipinski definition) is 2. The van der Waals surface area contributed by atoms with Crippen LogP contribution in [0.4, 0.5) is 0 Å². The molecule has 2 aromatic rings. The van der Waals surface area contributed by atoms with Crippen LogP contribution in [0.25, 0.3) is 0 Å². The van der Waals surface area contributed by atoms with Crippen LogP contribution < -0.4 is 15.4 Å². The Bertz CT molecular complexity index is 737. The molecular formula is C21H32N6O. The number of aromatic nitrogens is 3. The third-order valence-electron chi connectivity index (χ3n) is 5.09. The molecule has 1 fully saturated rings. The van der Waals surface area contributed by atoms with E-state index in [9.17, 15) is 0 Å². The summed E-state index contributed by atoms with van der Waals surface area (Å²) in [7, 11) is 1.80. The first kappa shape index (κ1) is 20.2. The van der Waals surface area contributed by atoms with E-state index in [0.717, 1.165) is 37.6 Å². The summed E-state index contributed by atoms with van der Waals surface area (Å²) >= 11 is 0. The van der Waals surface area contributed by atoms with Crippen LogP contribution in [0.15, 0.2) is 35.8 Å². The number of aliphatic imine (C=N–C) groups is 1. The second kappa shape index (κ2) is 10.7. The molecule has 0 amide bonds. The van der Waals surface area contributed by atoms with Gasteiger partial charge in [0.25, 0.3) is 0 Å². The van der Waals surface area contributed by atoms with Gasteiger partial charge in [0, 0.05) is 32.2 Å². The highest BCUT2D eigenvalue weighted by Gasteiger charge is 2.18. The first-order valence-corrected chi connectivity index (χ1v) is 10.3. The Kier molecular flexibility index (Phi) is 7.70. The molecule has 0 saturated heterocycles. The Morgan fingerprint density at radius 3 is 2.71 bits per heavy atom. The molecular weight excluding hydrogens is 352 g/mol. The summed E-state index contributed by atoms with van der Waals surface area (Å²) < 4.78 is 8.29. The van der Waals surface area contributed by atoms with Crippen molar-refractivity contribution in [3.8, 4) is 5.75 Å². The summed E-state index contributed by atoms with van der Waals surface area (Å²) in [5, 5.41) is 14.4. The third-order valence-corrected chi connectivity index (χ3v) is 5.09. The highest BCUT2D eigenvalue weighted by atomic mass is 16.5. The van der Waals surface area contributed by atoms with E-state index < -0.39 is 0 Å². The number of hydrogen-bond acceptors (Lipinski definition) is 4. The molecule has 1 aliphatic rings. The van der Waals surface area contributed by atoms with E-state index in [4.69, 9.17) is 4.74 Å². The number of guanidine groups is 1. The van der Waals surface area contributed by atoms with Crippen LogP contribution in [0.3, 0.4) is 0 Å². The van der Waals surface area contributed by atoms with Crippen LogP contribution in [0.2, 0.25) is 0 Å². The summed E-state index contributed by atoms with van der Waals surface area (Å²) in [6.45, 7) is 4.62. The van der Waals surface area contributed by atoms with Gasteiger partial charge in [0.2, 0.25) is 0 Å². The lowest BCUT2D eigenvalue weighted by Crippen LogP contribution is -2.37. The summed E-state index contributed by atoms with van der Waals surface area (Å²) in [5.74, 6) is 1.82. The van der Waals surface area contributed by atoms with Crippen molar-refractivity contribution in [1.82, 2.24) is 25.4 Å². The van der Waals surface area contributed by atoms with Crippen molar-refractivity contribution in [2.75, 3.05) is 13.6 Å². The number of rotatable bonds is 9. The van der Waals surface area contributed by atoms with Crippen molar-refractivity contribution >= 4 is 5.96 Å². The molecule has 3 rings (SSSR count). The molecule has 152 valence electrons. The molecule has 0 aliphatic heterocycles. The fourth-order valence-corrected chi connectivity index (χ4v) is 3.47. The summed E-state index contributed by atoms with van der Waals surface area (Å²) in [4.78, 5) is 4.33. The Labute approximate surface area is 167 Å². The quantitative estimate of drug-likeness (QED) is 0.395. The molecule has 1 aromatic heterocycles. The van der Waals surface area contributed by atoms with E-state index in [1.165, 1.54) is 36.8 Å². The summed E-state index contributed by atoms with van der Waals surface area (Å²) in [6.07, 6.45) is 10.9. The normalized spacial score (nSPS) is 15.0. The van der Waals surface area contributed by atoms with Gasteiger partial charge in [0.1, 0.15) is 18.4 Å². The minimum Gasteiger partial charge on any atom is -0.490 e. The molecule has 7 nitrogen and oxygen atoms in total. The van der Waals surface area contributed by atoms with Crippen molar-refractivity contribution in [3.63, 3.8) is 0 Å². The fraction of sp³-hybridized carbons (Fsp3) is 0.571. The van der Waals surface area contributed by atoms with Crippen LogP contribution in [-0.2, 0) is 13.1 Å². The van der Waals surface area contributed by atoms with Crippen LogP contribution in [-0.4, -0.2) is 40.4 Å². The molecule has 0 bridgehead atoms. The lowest BCUT2D eigenvalue weighted by Gasteiger charge is -2.18. The molecule has 28 heavy (non-hydrogen) atoms. The summed E-state index contributed by atoms with van der Waals surface area (Å²) in [5.41, 5.74) is 2.40. The van der Waals surface area contributed by atoms with Gasteiger partial charge in [-0.15, -0.1) is 10.2 Å². The molecule has 1 aliphatic carbocycles. The van der Waals surface area contributed by atoms with Crippen LogP contribution in [0.5, 0.6) is 5.75 Å². The van der Waals surface area contributed by atoms with Gasteiger partial charge in [0.15, 0.2) is 5.96 Å². The standard InChI is InChI=1S/C21H32N6O/c1-17-9-10-18(20(13-17)28-19-7-3-4-8-19)14-24-21(22-2)23-11-5-6-12-27-15-25-26-16-27/h9-10,13,15-16,19H,3-8,11-12,14H2,1-2H3,(H2,22,23,24). The van der Waals surface area contributed by atoms with Crippen molar-refractivity contribution in [3.05, 3.63) is 42.0 Å². The minimum absolute atomic E-state index is 0.365. The molecule has 0 unspecified atom stereocenters. The summed E-state index contributed by atoms with van der Waals surface area (Å²) in [6, 6.07) is 6.44. The van der Waals surface area contributed by atoms with Crippen LogP contribution >= 0.6 is 0 Å². The van der Waals surface area contributed by atoms with E-state index in [1.54, 1.807) is 19.7 Å². The monoisotopic (exact) mass is 384 g/mol. The van der Waals surface area contributed by atoms with Gasteiger partial charge in [-0.3, -0.25) is 4.99 Å². The maximum Gasteiger partial charge on any atom is 0.191 e. The lowest BCUT2D eigenvalue weighted by molar-refractivity contribution is 0.207. The van der Waals surface area contributed by atoms with E-state index in [2.05, 4.69) is 50.9 Å². The number of benzene rings is 1. The number of aryl methyl sites for hydroxylation is 2. The molecule has 2 N–H and O–H groups in total. The predicted molar refractivity (Wildman–Crippen MR) is 112 cm³/mol. The van der Waals surface area contributed by atoms with E-state index in [1.807, 2.05) is 4.57 Å². The van der Waals surface area contributed by atoms with Gasteiger partial charge in [0.05, 0.1) is 6.10 Å². The Hall–Kier alpha value is -2.57. The largest absolute Gasteiger partial charge is 0.490 e. The maximum absolute atomic E-state index is 6.29.